The maximum atomic E-state index is 12.6. The van der Waals surface area contributed by atoms with E-state index in [0.29, 0.717) is 6.54 Å². The van der Waals surface area contributed by atoms with Gasteiger partial charge in [-0.2, -0.15) is 0 Å². The van der Waals surface area contributed by atoms with E-state index in [-0.39, 0.29) is 23.7 Å². The highest BCUT2D eigenvalue weighted by atomic mass is 16.5. The van der Waals surface area contributed by atoms with E-state index in [4.69, 9.17) is 4.74 Å². The number of nitrogens with zero attached hydrogens (tertiary/aromatic N) is 7. The molecule has 0 saturated carbocycles. The summed E-state index contributed by atoms with van der Waals surface area (Å²) in [6.45, 7) is 5.26. The minimum Gasteiger partial charge on any atom is -0.379 e. The highest BCUT2D eigenvalue weighted by Gasteiger charge is 2.16. The summed E-state index contributed by atoms with van der Waals surface area (Å²) in [6.07, 6.45) is 4.22. The second-order valence-electron chi connectivity index (χ2n) is 7.14. The number of hydrogen-bond acceptors (Lipinski definition) is 9. The average Bonchev–Trinajstić information content (AvgIpc) is 2.79. The van der Waals surface area contributed by atoms with Crippen molar-refractivity contribution in [3.05, 3.63) is 50.9 Å². The molecule has 1 aliphatic rings. The standard InChI is InChI=1S/C19H24N8O3/c1-25-17(28)15-16(27(19(25)29)13-14-4-2-5-20-12-14)23-24-18(22-15)21-6-3-7-26-8-10-30-11-9-26/h2,4-5,12H,3,6-11,13H2,1H3,(H,21,22,24). The van der Waals surface area contributed by atoms with Crippen LogP contribution in [-0.4, -0.2) is 73.6 Å². The monoisotopic (exact) mass is 412 g/mol. The highest BCUT2D eigenvalue weighted by Crippen LogP contribution is 2.07. The number of pyridine rings is 1. The van der Waals surface area contributed by atoms with Gasteiger partial charge in [-0.3, -0.25) is 23.8 Å². The third-order valence-corrected chi connectivity index (χ3v) is 5.05. The van der Waals surface area contributed by atoms with Gasteiger partial charge in [0.2, 0.25) is 5.95 Å². The molecule has 0 amide bonds. The average molecular weight is 412 g/mol. The third kappa shape index (κ3) is 4.36. The first kappa shape index (κ1) is 20.1. The lowest BCUT2D eigenvalue weighted by Crippen LogP contribution is -2.39. The molecule has 1 fully saturated rings. The predicted molar refractivity (Wildman–Crippen MR) is 111 cm³/mol. The Morgan fingerprint density at radius 1 is 1.20 bits per heavy atom. The van der Waals surface area contributed by atoms with Crippen molar-refractivity contribution in [3.63, 3.8) is 0 Å². The predicted octanol–water partition coefficient (Wildman–Crippen LogP) is -0.537. The van der Waals surface area contributed by atoms with Crippen molar-refractivity contribution in [2.45, 2.75) is 13.0 Å². The second kappa shape index (κ2) is 9.09. The Morgan fingerprint density at radius 2 is 2.03 bits per heavy atom. The first-order valence-electron chi connectivity index (χ1n) is 9.90. The van der Waals surface area contributed by atoms with E-state index in [1.54, 1.807) is 18.5 Å². The van der Waals surface area contributed by atoms with Crippen molar-refractivity contribution < 1.29 is 4.74 Å². The second-order valence-corrected chi connectivity index (χ2v) is 7.14. The summed E-state index contributed by atoms with van der Waals surface area (Å²) in [5.41, 5.74) is 0.103. The van der Waals surface area contributed by atoms with Gasteiger partial charge in [0, 0.05) is 39.1 Å². The number of rotatable bonds is 7. The van der Waals surface area contributed by atoms with Crippen LogP contribution in [0, 0.1) is 0 Å². The molecule has 11 nitrogen and oxygen atoms in total. The Balaban J connectivity index is 1.53. The molecule has 3 aromatic heterocycles. The summed E-state index contributed by atoms with van der Waals surface area (Å²) in [4.78, 5) is 36.0. The summed E-state index contributed by atoms with van der Waals surface area (Å²) in [6, 6.07) is 3.63. The Hall–Kier alpha value is -3.18. The molecule has 4 rings (SSSR count). The van der Waals surface area contributed by atoms with Crippen LogP contribution in [0.15, 0.2) is 34.1 Å². The molecule has 1 saturated heterocycles. The van der Waals surface area contributed by atoms with E-state index in [1.165, 1.54) is 11.6 Å². The lowest BCUT2D eigenvalue weighted by atomic mass is 10.3. The van der Waals surface area contributed by atoms with Crippen LogP contribution in [0.25, 0.3) is 11.2 Å². The van der Waals surface area contributed by atoms with Crippen molar-refractivity contribution >= 4 is 17.1 Å². The van der Waals surface area contributed by atoms with E-state index < -0.39 is 11.2 Å². The van der Waals surface area contributed by atoms with Crippen LogP contribution in [0.4, 0.5) is 5.95 Å². The number of morpholine rings is 1. The van der Waals surface area contributed by atoms with E-state index in [2.05, 4.69) is 30.4 Å². The summed E-state index contributed by atoms with van der Waals surface area (Å²) in [5, 5.41) is 11.3. The molecule has 0 bridgehead atoms. The summed E-state index contributed by atoms with van der Waals surface area (Å²) in [7, 11) is 1.43. The molecule has 158 valence electrons. The number of anilines is 1. The fourth-order valence-electron chi connectivity index (χ4n) is 3.38. The number of nitrogens with one attached hydrogen (secondary N) is 1. The zero-order valence-electron chi connectivity index (χ0n) is 16.8. The molecule has 1 aliphatic heterocycles. The van der Waals surface area contributed by atoms with E-state index in [1.807, 2.05) is 6.07 Å². The first-order chi connectivity index (χ1) is 14.6. The van der Waals surface area contributed by atoms with Gasteiger partial charge in [0.15, 0.2) is 11.2 Å². The minimum absolute atomic E-state index is 0.103. The number of fused-ring (bicyclic) bond motifs is 1. The fraction of sp³-hybridized carbons (Fsp3) is 0.474. The van der Waals surface area contributed by atoms with Gasteiger partial charge in [-0.05, 0) is 24.6 Å². The summed E-state index contributed by atoms with van der Waals surface area (Å²) < 4.78 is 7.77. The van der Waals surface area contributed by atoms with Gasteiger partial charge in [-0.15, -0.1) is 10.2 Å². The van der Waals surface area contributed by atoms with Crippen molar-refractivity contribution in [1.82, 2.24) is 34.2 Å². The van der Waals surface area contributed by atoms with E-state index in [9.17, 15) is 9.59 Å². The molecule has 0 spiro atoms. The maximum absolute atomic E-state index is 12.6. The molecule has 3 aromatic rings. The molecular weight excluding hydrogens is 388 g/mol. The zero-order chi connectivity index (χ0) is 20.9. The molecule has 0 aliphatic carbocycles. The third-order valence-electron chi connectivity index (χ3n) is 5.05. The quantitative estimate of drug-likeness (QED) is 0.510. The van der Waals surface area contributed by atoms with Crippen LogP contribution in [0.1, 0.15) is 12.0 Å². The van der Waals surface area contributed by atoms with Gasteiger partial charge in [0.05, 0.1) is 19.8 Å². The first-order valence-corrected chi connectivity index (χ1v) is 9.90. The number of ether oxygens (including phenoxy) is 1. The van der Waals surface area contributed by atoms with Gasteiger partial charge >= 0.3 is 5.69 Å². The normalized spacial score (nSPS) is 14.8. The molecule has 30 heavy (non-hydrogen) atoms. The largest absolute Gasteiger partial charge is 0.379 e. The van der Waals surface area contributed by atoms with Gasteiger partial charge in [0.25, 0.3) is 5.56 Å². The van der Waals surface area contributed by atoms with Crippen LogP contribution in [-0.2, 0) is 18.3 Å². The molecule has 1 N–H and O–H groups in total. The van der Waals surface area contributed by atoms with Gasteiger partial charge in [-0.1, -0.05) is 6.07 Å². The molecule has 0 unspecified atom stereocenters. The molecule has 0 atom stereocenters. The zero-order valence-corrected chi connectivity index (χ0v) is 16.8. The lowest BCUT2D eigenvalue weighted by Gasteiger charge is -2.26. The number of hydrogen-bond donors (Lipinski definition) is 1. The molecule has 0 radical (unpaired) electrons. The Labute approximate surface area is 172 Å². The lowest BCUT2D eigenvalue weighted by molar-refractivity contribution is 0.0378. The van der Waals surface area contributed by atoms with Crippen molar-refractivity contribution in [2.24, 2.45) is 7.05 Å². The van der Waals surface area contributed by atoms with Crippen LogP contribution < -0.4 is 16.6 Å². The van der Waals surface area contributed by atoms with Gasteiger partial charge in [-0.25, -0.2) is 9.78 Å². The molecular formula is C19H24N8O3. The van der Waals surface area contributed by atoms with E-state index in [0.717, 1.165) is 49.4 Å². The van der Waals surface area contributed by atoms with E-state index >= 15 is 0 Å². The molecule has 4 heterocycles. The summed E-state index contributed by atoms with van der Waals surface area (Å²) in [5.74, 6) is 0.271. The fourth-order valence-corrected chi connectivity index (χ4v) is 3.38. The van der Waals surface area contributed by atoms with Crippen molar-refractivity contribution in [3.8, 4) is 0 Å². The van der Waals surface area contributed by atoms with Crippen LogP contribution in [0.3, 0.4) is 0 Å². The number of aromatic nitrogens is 6. The Morgan fingerprint density at radius 3 is 2.80 bits per heavy atom. The minimum atomic E-state index is -0.497. The smallest absolute Gasteiger partial charge is 0.332 e. The van der Waals surface area contributed by atoms with Crippen LogP contribution in [0.2, 0.25) is 0 Å². The molecule has 11 heteroatoms. The Bertz CT molecular complexity index is 1120. The van der Waals surface area contributed by atoms with Gasteiger partial charge in [0.1, 0.15) is 0 Å². The van der Waals surface area contributed by atoms with Gasteiger partial charge < -0.3 is 10.1 Å². The Kier molecular flexibility index (Phi) is 6.10. The highest BCUT2D eigenvalue weighted by molar-refractivity contribution is 5.69. The van der Waals surface area contributed by atoms with Crippen LogP contribution in [0.5, 0.6) is 0 Å². The molecule has 0 aromatic carbocycles. The summed E-state index contributed by atoms with van der Waals surface area (Å²) >= 11 is 0. The van der Waals surface area contributed by atoms with Crippen LogP contribution >= 0.6 is 0 Å². The van der Waals surface area contributed by atoms with Crippen molar-refractivity contribution in [2.75, 3.05) is 44.7 Å². The maximum Gasteiger partial charge on any atom is 0.332 e. The van der Waals surface area contributed by atoms with Crippen molar-refractivity contribution in [1.29, 1.82) is 0 Å². The topological polar surface area (TPSA) is 120 Å². The SMILES string of the molecule is Cn1c(=O)c2nc(NCCCN3CCOCC3)nnc2n(Cc2cccnc2)c1=O.